The van der Waals surface area contributed by atoms with E-state index in [9.17, 15) is 0 Å². The Hall–Kier alpha value is -6.36. The SMILES string of the molecule is Cc1ccc(N(c2ccc(C)cc2)c2ccc(-c3sc(C)c(C4=C(c5c(C)sc(-c6ccc(N(c7ccc(C)cc7)c7ccc(C)cc7)cc6)c5C)C(F)(F)C(F)(F)C4(F)F)c3C)cc2)cc1. The molecule has 9 rings (SSSR count). The molecule has 0 amide bonds. The number of rotatable bonds is 10. The van der Waals surface area contributed by atoms with Crippen molar-refractivity contribution in [2.75, 3.05) is 9.80 Å². The van der Waals surface area contributed by atoms with Crippen LogP contribution in [0, 0.1) is 55.4 Å². The van der Waals surface area contributed by atoms with Crippen LogP contribution in [0.15, 0.2) is 146 Å². The van der Waals surface area contributed by atoms with Crippen molar-refractivity contribution in [1.29, 1.82) is 0 Å². The molecule has 0 bridgehead atoms. The monoisotopic (exact) mass is 938 g/mol. The quantitative estimate of drug-likeness (QED) is 0.126. The van der Waals surface area contributed by atoms with E-state index >= 15 is 26.3 Å². The fourth-order valence-electron chi connectivity index (χ4n) is 9.18. The molecule has 340 valence electrons. The third-order valence-corrected chi connectivity index (χ3v) is 15.3. The van der Waals surface area contributed by atoms with Gasteiger partial charge in [-0.05, 0) is 150 Å². The topological polar surface area (TPSA) is 6.48 Å². The minimum Gasteiger partial charge on any atom is -0.311 e. The molecule has 10 heteroatoms. The zero-order valence-corrected chi connectivity index (χ0v) is 40.0. The lowest BCUT2D eigenvalue weighted by atomic mass is 9.89. The van der Waals surface area contributed by atoms with Crippen molar-refractivity contribution in [3.63, 3.8) is 0 Å². The number of halogens is 6. The Balaban J connectivity index is 1.12. The van der Waals surface area contributed by atoms with Crippen molar-refractivity contribution >= 4 is 67.9 Å². The zero-order valence-electron chi connectivity index (χ0n) is 38.3. The minimum atomic E-state index is -5.69. The van der Waals surface area contributed by atoms with Crippen LogP contribution in [0.5, 0.6) is 0 Å². The number of allylic oxidation sites excluding steroid dienone is 2. The second-order valence-corrected chi connectivity index (χ2v) is 20.0. The maximum Gasteiger partial charge on any atom is 0.380 e. The van der Waals surface area contributed by atoms with Crippen molar-refractivity contribution in [2.24, 2.45) is 0 Å². The maximum atomic E-state index is 16.5. The third-order valence-electron chi connectivity index (χ3n) is 12.8. The summed E-state index contributed by atoms with van der Waals surface area (Å²) >= 11 is 2.26. The van der Waals surface area contributed by atoms with Gasteiger partial charge in [0.25, 0.3) is 0 Å². The van der Waals surface area contributed by atoms with E-state index in [0.29, 0.717) is 20.9 Å². The molecule has 2 aromatic heterocycles. The molecule has 0 fully saturated rings. The lowest BCUT2D eigenvalue weighted by molar-refractivity contribution is -0.254. The van der Waals surface area contributed by atoms with E-state index in [1.54, 1.807) is 13.8 Å². The molecule has 0 radical (unpaired) electrons. The molecule has 0 atom stereocenters. The third kappa shape index (κ3) is 7.78. The number of hydrogen-bond donors (Lipinski definition) is 0. The predicted molar refractivity (Wildman–Crippen MR) is 268 cm³/mol. The van der Waals surface area contributed by atoms with E-state index < -0.39 is 28.9 Å². The van der Waals surface area contributed by atoms with Gasteiger partial charge in [0.1, 0.15) is 0 Å². The summed E-state index contributed by atoms with van der Waals surface area (Å²) in [6.07, 6.45) is 0. The number of benzene rings is 6. The van der Waals surface area contributed by atoms with Crippen LogP contribution in [-0.2, 0) is 0 Å². The molecule has 0 spiro atoms. The lowest BCUT2D eigenvalue weighted by Crippen LogP contribution is -2.49. The highest BCUT2D eigenvalue weighted by Crippen LogP contribution is 2.67. The standard InChI is InChI=1S/C57H48F6N2S2/c1-33-9-21-43(22-10-33)64(44-23-11-34(2)12-24-44)47-29-17-41(18-30-47)53-37(5)49(39(7)66-53)51-52(56(60,61)57(62,63)55(51,58)59)50-38(6)54(67-40(50)8)42-19-31-48(32-20-42)65(45-25-13-35(3)14-26-45)46-27-15-36(4)16-28-46/h9-32H,1-8H3. The predicted octanol–water partition coefficient (Wildman–Crippen LogP) is 18.4. The average Bonchev–Trinajstić information content (AvgIpc) is 3.79. The van der Waals surface area contributed by atoms with Crippen LogP contribution in [0.2, 0.25) is 0 Å². The molecular formula is C57H48F6N2S2. The Morgan fingerprint density at radius 3 is 0.791 bits per heavy atom. The summed E-state index contributed by atoms with van der Waals surface area (Å²) in [4.78, 5) is 5.74. The maximum absolute atomic E-state index is 16.5. The van der Waals surface area contributed by atoms with E-state index in [1.165, 1.54) is 13.8 Å². The summed E-state index contributed by atoms with van der Waals surface area (Å²) < 4.78 is 98.0. The second-order valence-electron chi connectivity index (χ2n) is 17.6. The number of anilines is 6. The van der Waals surface area contributed by atoms with Gasteiger partial charge in [-0.1, -0.05) is 95.1 Å². The van der Waals surface area contributed by atoms with Crippen LogP contribution in [0.3, 0.4) is 0 Å². The van der Waals surface area contributed by atoms with Gasteiger partial charge in [-0.2, -0.15) is 26.3 Å². The second kappa shape index (κ2) is 17.1. The Morgan fingerprint density at radius 1 is 0.328 bits per heavy atom. The first-order valence-electron chi connectivity index (χ1n) is 22.0. The molecule has 8 aromatic rings. The number of alkyl halides is 6. The summed E-state index contributed by atoms with van der Waals surface area (Å²) in [6, 6.07) is 47.6. The van der Waals surface area contributed by atoms with E-state index in [1.807, 2.05) is 173 Å². The fraction of sp³-hybridized carbons (Fsp3) is 0.193. The van der Waals surface area contributed by atoms with Gasteiger partial charge in [0, 0.05) is 75.9 Å². The molecule has 0 saturated carbocycles. The largest absolute Gasteiger partial charge is 0.380 e. The molecule has 1 aliphatic carbocycles. The van der Waals surface area contributed by atoms with Gasteiger partial charge in [-0.3, -0.25) is 0 Å². The Bertz CT molecular complexity index is 2840. The van der Waals surface area contributed by atoms with Gasteiger partial charge < -0.3 is 9.80 Å². The van der Waals surface area contributed by atoms with Gasteiger partial charge in [-0.15, -0.1) is 22.7 Å². The van der Waals surface area contributed by atoms with Crippen molar-refractivity contribution in [3.8, 4) is 20.9 Å². The molecular weight excluding hydrogens is 891 g/mol. The van der Waals surface area contributed by atoms with Crippen LogP contribution in [-0.4, -0.2) is 17.8 Å². The summed E-state index contributed by atoms with van der Waals surface area (Å²) in [7, 11) is 0. The molecule has 6 aromatic carbocycles. The van der Waals surface area contributed by atoms with Crippen LogP contribution in [0.4, 0.5) is 60.5 Å². The van der Waals surface area contributed by atoms with Gasteiger partial charge in [0.05, 0.1) is 0 Å². The fourth-order valence-corrected chi connectivity index (χ4v) is 11.5. The van der Waals surface area contributed by atoms with Crippen molar-refractivity contribution in [1.82, 2.24) is 0 Å². The van der Waals surface area contributed by atoms with Crippen molar-refractivity contribution in [3.05, 3.63) is 200 Å². The van der Waals surface area contributed by atoms with Gasteiger partial charge in [0.2, 0.25) is 0 Å². The summed E-state index contributed by atoms with van der Waals surface area (Å²) in [5.41, 5.74) is 8.40. The first-order chi connectivity index (χ1) is 31.8. The van der Waals surface area contributed by atoms with E-state index in [2.05, 4.69) is 9.80 Å². The zero-order chi connectivity index (χ0) is 47.7. The van der Waals surface area contributed by atoms with Crippen LogP contribution in [0.25, 0.3) is 32.0 Å². The number of aryl methyl sites for hydroxylation is 6. The average molecular weight is 939 g/mol. The molecule has 67 heavy (non-hydrogen) atoms. The molecule has 0 unspecified atom stereocenters. The molecule has 1 aliphatic rings. The first-order valence-corrected chi connectivity index (χ1v) is 23.6. The Labute approximate surface area is 396 Å². The molecule has 0 N–H and O–H groups in total. The Morgan fingerprint density at radius 2 is 0.552 bits per heavy atom. The highest BCUT2D eigenvalue weighted by Gasteiger charge is 2.80. The van der Waals surface area contributed by atoms with Crippen molar-refractivity contribution in [2.45, 2.75) is 73.2 Å². The summed E-state index contributed by atoms with van der Waals surface area (Å²) in [5.74, 6) is -16.1. The van der Waals surface area contributed by atoms with Gasteiger partial charge in [0.15, 0.2) is 0 Å². The highest BCUT2D eigenvalue weighted by molar-refractivity contribution is 7.16. The summed E-state index contributed by atoms with van der Waals surface area (Å²) in [6.45, 7) is 14.3. The lowest BCUT2D eigenvalue weighted by Gasteiger charge is -2.26. The van der Waals surface area contributed by atoms with Gasteiger partial charge in [-0.25, -0.2) is 0 Å². The Kier molecular flexibility index (Phi) is 11.7. The summed E-state index contributed by atoms with van der Waals surface area (Å²) in [5, 5.41) is 0. The van der Waals surface area contributed by atoms with Crippen LogP contribution in [0.1, 0.15) is 54.3 Å². The van der Waals surface area contributed by atoms with Crippen LogP contribution < -0.4 is 9.80 Å². The number of nitrogens with zero attached hydrogens (tertiary/aromatic N) is 2. The van der Waals surface area contributed by atoms with E-state index in [0.717, 1.165) is 79.1 Å². The first kappa shape index (κ1) is 45.8. The van der Waals surface area contributed by atoms with E-state index in [-0.39, 0.29) is 32.0 Å². The van der Waals surface area contributed by atoms with Crippen LogP contribution >= 0.6 is 22.7 Å². The molecule has 0 saturated heterocycles. The number of hydrogen-bond acceptors (Lipinski definition) is 4. The molecule has 2 heterocycles. The molecule has 0 aliphatic heterocycles. The van der Waals surface area contributed by atoms with Crippen molar-refractivity contribution < 1.29 is 26.3 Å². The normalized spacial score (nSPS) is 15.0. The van der Waals surface area contributed by atoms with E-state index in [4.69, 9.17) is 0 Å². The number of thiophene rings is 2. The minimum absolute atomic E-state index is 0.234. The van der Waals surface area contributed by atoms with Gasteiger partial charge >= 0.3 is 17.8 Å². The highest BCUT2D eigenvalue weighted by atomic mass is 32.1. The molecule has 2 nitrogen and oxygen atoms in total. The smallest absolute Gasteiger partial charge is 0.311 e.